The van der Waals surface area contributed by atoms with Gasteiger partial charge in [-0.15, -0.1) is 0 Å². The number of hydrogen-bond donors (Lipinski definition) is 0. The van der Waals surface area contributed by atoms with Gasteiger partial charge >= 0.3 is 5.97 Å². The van der Waals surface area contributed by atoms with Gasteiger partial charge in [-0.3, -0.25) is 4.79 Å². The third kappa shape index (κ3) is 8.39. The lowest BCUT2D eigenvalue weighted by molar-refractivity contribution is -0.156. The summed E-state index contributed by atoms with van der Waals surface area (Å²) >= 11 is 0. The Morgan fingerprint density at radius 2 is 1.39 bits per heavy atom. The number of rotatable bonds is 12. The Labute approximate surface area is 198 Å². The number of ether oxygens (including phenoxy) is 2. The Bertz CT molecular complexity index is 969. The molecule has 4 nitrogen and oxygen atoms in total. The number of hydrogen-bond acceptors (Lipinski definition) is 4. The number of carbonyl (C=O) groups is 1. The lowest BCUT2D eigenvalue weighted by atomic mass is 9.93. The Morgan fingerprint density at radius 1 is 0.818 bits per heavy atom. The molecule has 0 aliphatic carbocycles. The van der Waals surface area contributed by atoms with E-state index < -0.39 is 5.41 Å². The lowest BCUT2D eigenvalue weighted by Gasteiger charge is -2.28. The van der Waals surface area contributed by atoms with Crippen molar-refractivity contribution in [3.05, 3.63) is 102 Å². The van der Waals surface area contributed by atoms with E-state index in [4.69, 9.17) is 9.47 Å². The minimum absolute atomic E-state index is 0.176. The monoisotopic (exact) mass is 445 g/mol. The highest BCUT2D eigenvalue weighted by Gasteiger charge is 2.30. The minimum Gasteiger partial charge on any atom is -0.494 e. The van der Waals surface area contributed by atoms with Gasteiger partial charge in [0.05, 0.1) is 12.0 Å². The Kier molecular flexibility index (Phi) is 9.08. The van der Waals surface area contributed by atoms with Gasteiger partial charge in [0, 0.05) is 13.1 Å². The van der Waals surface area contributed by atoms with Crippen molar-refractivity contribution in [1.82, 2.24) is 4.90 Å². The van der Waals surface area contributed by atoms with Gasteiger partial charge in [0.1, 0.15) is 12.4 Å². The van der Waals surface area contributed by atoms with Crippen molar-refractivity contribution >= 4 is 5.97 Å². The third-order valence-corrected chi connectivity index (χ3v) is 5.56. The van der Waals surface area contributed by atoms with E-state index in [0.29, 0.717) is 19.8 Å². The number of nitrogens with zero attached hydrogens (tertiary/aromatic N) is 1. The first kappa shape index (κ1) is 24.5. The van der Waals surface area contributed by atoms with Crippen LogP contribution in [0.3, 0.4) is 0 Å². The molecule has 0 atom stereocenters. The van der Waals surface area contributed by atoms with Gasteiger partial charge in [0.15, 0.2) is 0 Å². The molecule has 3 aromatic carbocycles. The van der Waals surface area contributed by atoms with Crippen LogP contribution in [-0.2, 0) is 22.6 Å². The maximum absolute atomic E-state index is 12.6. The molecule has 0 saturated heterocycles. The van der Waals surface area contributed by atoms with Crippen molar-refractivity contribution in [1.29, 1.82) is 0 Å². The average molecular weight is 446 g/mol. The fourth-order valence-electron chi connectivity index (χ4n) is 3.80. The van der Waals surface area contributed by atoms with Crippen LogP contribution in [0.1, 0.15) is 37.0 Å². The normalized spacial score (nSPS) is 11.4. The van der Waals surface area contributed by atoms with Crippen molar-refractivity contribution in [3.8, 4) is 5.75 Å². The average Bonchev–Trinajstić information content (AvgIpc) is 2.82. The summed E-state index contributed by atoms with van der Waals surface area (Å²) in [5, 5.41) is 0. The molecular formula is C29H35NO3. The zero-order valence-corrected chi connectivity index (χ0v) is 20.0. The third-order valence-electron chi connectivity index (χ3n) is 5.56. The zero-order chi connectivity index (χ0) is 23.5. The fraction of sp³-hybridized carbons (Fsp3) is 0.345. The number of benzene rings is 3. The molecule has 0 N–H and O–H groups in total. The van der Waals surface area contributed by atoms with E-state index in [1.165, 1.54) is 11.1 Å². The van der Waals surface area contributed by atoms with Crippen LogP contribution >= 0.6 is 0 Å². The van der Waals surface area contributed by atoms with Crippen molar-refractivity contribution in [3.63, 3.8) is 0 Å². The van der Waals surface area contributed by atoms with Crippen LogP contribution in [0.2, 0.25) is 0 Å². The van der Waals surface area contributed by atoms with E-state index in [1.807, 2.05) is 69.4 Å². The van der Waals surface area contributed by atoms with Gasteiger partial charge < -0.3 is 14.4 Å². The van der Waals surface area contributed by atoms with E-state index in [9.17, 15) is 4.79 Å². The summed E-state index contributed by atoms with van der Waals surface area (Å²) in [6, 6.07) is 28.6. The molecule has 0 fully saturated rings. The molecule has 0 bridgehead atoms. The van der Waals surface area contributed by atoms with Crippen LogP contribution in [0.5, 0.6) is 5.75 Å². The largest absolute Gasteiger partial charge is 0.494 e. The molecule has 0 amide bonds. The molecule has 33 heavy (non-hydrogen) atoms. The van der Waals surface area contributed by atoms with E-state index in [0.717, 1.165) is 30.7 Å². The summed E-state index contributed by atoms with van der Waals surface area (Å²) in [4.78, 5) is 14.7. The van der Waals surface area contributed by atoms with E-state index >= 15 is 0 Å². The van der Waals surface area contributed by atoms with E-state index in [2.05, 4.69) is 41.3 Å². The summed E-state index contributed by atoms with van der Waals surface area (Å²) in [6.45, 7) is 6.30. The molecule has 0 radical (unpaired) electrons. The Hall–Kier alpha value is -3.11. The van der Waals surface area contributed by atoms with Gasteiger partial charge in [-0.05, 0) is 62.6 Å². The van der Waals surface area contributed by atoms with Crippen molar-refractivity contribution < 1.29 is 14.3 Å². The van der Waals surface area contributed by atoms with E-state index in [-0.39, 0.29) is 5.97 Å². The minimum atomic E-state index is -0.570. The van der Waals surface area contributed by atoms with Gasteiger partial charge in [-0.1, -0.05) is 72.8 Å². The molecule has 3 aromatic rings. The standard InChI is InChI=1S/C29H35NO3/c1-29(2,28(31)33-22-26-13-8-5-9-14-26)23-30(3)19-10-20-32-27-17-15-25(16-18-27)21-24-11-6-4-7-12-24/h4-9,11-18H,10,19-23H2,1-3H3. The number of esters is 1. The van der Waals surface area contributed by atoms with Crippen molar-refractivity contribution in [2.45, 2.75) is 33.3 Å². The summed E-state index contributed by atoms with van der Waals surface area (Å²) < 4.78 is 11.4. The predicted molar refractivity (Wildman–Crippen MR) is 133 cm³/mol. The van der Waals surface area contributed by atoms with Crippen molar-refractivity contribution in [2.75, 3.05) is 26.7 Å². The summed E-state index contributed by atoms with van der Waals surface area (Å²) in [7, 11) is 2.03. The Balaban J connectivity index is 1.34. The van der Waals surface area contributed by atoms with Gasteiger partial charge in [-0.25, -0.2) is 0 Å². The van der Waals surface area contributed by atoms with Gasteiger partial charge in [-0.2, -0.15) is 0 Å². The summed E-state index contributed by atoms with van der Waals surface area (Å²) in [5.74, 6) is 0.712. The quantitative estimate of drug-likeness (QED) is 0.263. The van der Waals surface area contributed by atoms with Gasteiger partial charge in [0.2, 0.25) is 0 Å². The first-order valence-electron chi connectivity index (χ1n) is 11.6. The molecule has 174 valence electrons. The second-order valence-corrected chi connectivity index (χ2v) is 9.19. The second-order valence-electron chi connectivity index (χ2n) is 9.19. The highest BCUT2D eigenvalue weighted by atomic mass is 16.5. The first-order chi connectivity index (χ1) is 15.9. The molecule has 4 heteroatoms. The zero-order valence-electron chi connectivity index (χ0n) is 20.0. The van der Waals surface area contributed by atoms with E-state index in [1.54, 1.807) is 0 Å². The molecule has 0 saturated carbocycles. The first-order valence-corrected chi connectivity index (χ1v) is 11.6. The molecule has 0 spiro atoms. The molecular weight excluding hydrogens is 410 g/mol. The van der Waals surface area contributed by atoms with Crippen LogP contribution < -0.4 is 4.74 Å². The van der Waals surface area contributed by atoms with Crippen LogP contribution in [0.25, 0.3) is 0 Å². The molecule has 3 rings (SSSR count). The summed E-state index contributed by atoms with van der Waals surface area (Å²) in [6.07, 6.45) is 1.81. The lowest BCUT2D eigenvalue weighted by Crippen LogP contribution is -2.39. The molecule has 0 aliphatic heterocycles. The SMILES string of the molecule is CN(CCCOc1ccc(Cc2ccccc2)cc1)CC(C)(C)C(=O)OCc1ccccc1. The predicted octanol–water partition coefficient (Wildman–Crippen LogP) is 5.75. The molecule has 0 heterocycles. The molecule has 0 aromatic heterocycles. The number of carbonyl (C=O) groups excluding carboxylic acids is 1. The van der Waals surface area contributed by atoms with Crippen LogP contribution in [0.4, 0.5) is 0 Å². The highest BCUT2D eigenvalue weighted by Crippen LogP contribution is 2.20. The van der Waals surface area contributed by atoms with Gasteiger partial charge in [0.25, 0.3) is 0 Å². The van der Waals surface area contributed by atoms with Crippen LogP contribution in [0, 0.1) is 5.41 Å². The summed E-state index contributed by atoms with van der Waals surface area (Å²) in [5.41, 5.74) is 3.01. The smallest absolute Gasteiger partial charge is 0.313 e. The van der Waals surface area contributed by atoms with Crippen LogP contribution in [0.15, 0.2) is 84.9 Å². The topological polar surface area (TPSA) is 38.8 Å². The maximum atomic E-state index is 12.6. The Morgan fingerprint density at radius 3 is 2.03 bits per heavy atom. The fourth-order valence-corrected chi connectivity index (χ4v) is 3.80. The van der Waals surface area contributed by atoms with Crippen molar-refractivity contribution in [2.24, 2.45) is 5.41 Å². The molecule has 0 unspecified atom stereocenters. The van der Waals surface area contributed by atoms with Crippen LogP contribution in [-0.4, -0.2) is 37.6 Å². The maximum Gasteiger partial charge on any atom is 0.313 e. The highest BCUT2D eigenvalue weighted by molar-refractivity contribution is 5.76. The molecule has 0 aliphatic rings. The second kappa shape index (κ2) is 12.2.